The van der Waals surface area contributed by atoms with E-state index in [-0.39, 0.29) is 24.2 Å². The zero-order valence-corrected chi connectivity index (χ0v) is 16.2. The number of benzene rings is 2. The van der Waals surface area contributed by atoms with E-state index in [9.17, 15) is 9.18 Å². The lowest BCUT2D eigenvalue weighted by Crippen LogP contribution is -2.41. The van der Waals surface area contributed by atoms with Crippen molar-refractivity contribution in [2.45, 2.75) is 25.4 Å². The molecule has 0 fully saturated rings. The summed E-state index contributed by atoms with van der Waals surface area (Å²) < 4.78 is 13.1. The smallest absolute Gasteiger partial charge is 0.224 e. The van der Waals surface area contributed by atoms with E-state index in [1.807, 2.05) is 12.3 Å². The van der Waals surface area contributed by atoms with Gasteiger partial charge in [0.2, 0.25) is 5.91 Å². The van der Waals surface area contributed by atoms with E-state index in [0.29, 0.717) is 6.54 Å². The van der Waals surface area contributed by atoms with E-state index in [1.165, 1.54) is 23.3 Å². The predicted molar refractivity (Wildman–Crippen MR) is 111 cm³/mol. The average Bonchev–Trinajstić information content (AvgIpc) is 2.76. The van der Waals surface area contributed by atoms with Crippen LogP contribution in [-0.2, 0) is 24.2 Å². The van der Waals surface area contributed by atoms with Gasteiger partial charge in [0.1, 0.15) is 5.82 Å². The van der Waals surface area contributed by atoms with Crippen molar-refractivity contribution in [2.24, 2.45) is 0 Å². The second-order valence-corrected chi connectivity index (χ2v) is 7.40. The molecule has 0 saturated carbocycles. The fraction of sp³-hybridized carbons (Fsp3) is 0.250. The number of halogens is 1. The molecule has 0 spiro atoms. The molecular weight excluding hydrogens is 365 g/mol. The Hall–Kier alpha value is -3.05. The van der Waals surface area contributed by atoms with E-state index in [4.69, 9.17) is 0 Å². The van der Waals surface area contributed by atoms with Gasteiger partial charge in [-0.05, 0) is 46.9 Å². The Balaban J connectivity index is 1.45. The molecule has 1 amide bonds. The van der Waals surface area contributed by atoms with Crippen LogP contribution in [0.3, 0.4) is 0 Å². The number of rotatable bonds is 6. The molecule has 0 aliphatic carbocycles. The summed E-state index contributed by atoms with van der Waals surface area (Å²) in [6.45, 7) is 2.29. The lowest BCUT2D eigenvalue weighted by molar-refractivity contribution is -0.120. The largest absolute Gasteiger partial charge is 0.354 e. The minimum absolute atomic E-state index is 0.0502. The molecule has 5 heteroatoms. The van der Waals surface area contributed by atoms with Gasteiger partial charge in [-0.25, -0.2) is 4.39 Å². The third-order valence-electron chi connectivity index (χ3n) is 5.44. The molecule has 29 heavy (non-hydrogen) atoms. The molecule has 2 aromatic carbocycles. The van der Waals surface area contributed by atoms with Crippen LogP contribution >= 0.6 is 0 Å². The highest BCUT2D eigenvalue weighted by Crippen LogP contribution is 2.27. The third kappa shape index (κ3) is 4.87. The van der Waals surface area contributed by atoms with Crippen LogP contribution in [0, 0.1) is 5.82 Å². The molecule has 0 unspecified atom stereocenters. The molecule has 4 rings (SSSR count). The molecule has 3 aromatic rings. The van der Waals surface area contributed by atoms with Crippen LogP contribution in [0.2, 0.25) is 0 Å². The molecule has 1 atom stereocenters. The fourth-order valence-corrected chi connectivity index (χ4v) is 3.88. The number of carbonyl (C=O) groups is 1. The number of carbonyl (C=O) groups excluding carboxylic acids is 1. The number of amides is 1. The summed E-state index contributed by atoms with van der Waals surface area (Å²) in [7, 11) is 0. The third-order valence-corrected chi connectivity index (χ3v) is 5.44. The minimum atomic E-state index is -0.295. The second-order valence-electron chi connectivity index (χ2n) is 7.40. The van der Waals surface area contributed by atoms with Crippen molar-refractivity contribution in [3.8, 4) is 0 Å². The van der Waals surface area contributed by atoms with Crippen molar-refractivity contribution in [3.63, 3.8) is 0 Å². The topological polar surface area (TPSA) is 45.2 Å². The Bertz CT molecular complexity index is 959. The van der Waals surface area contributed by atoms with E-state index in [1.54, 1.807) is 18.3 Å². The fourth-order valence-electron chi connectivity index (χ4n) is 3.88. The molecule has 1 N–H and O–H groups in total. The highest BCUT2D eigenvalue weighted by atomic mass is 19.1. The predicted octanol–water partition coefficient (Wildman–Crippen LogP) is 3.68. The maximum Gasteiger partial charge on any atom is 0.224 e. The van der Waals surface area contributed by atoms with E-state index in [2.05, 4.69) is 45.5 Å². The Morgan fingerprint density at radius 1 is 1.07 bits per heavy atom. The summed E-state index contributed by atoms with van der Waals surface area (Å²) in [5, 5.41) is 3.06. The maximum atomic E-state index is 13.1. The minimum Gasteiger partial charge on any atom is -0.354 e. The Labute approximate surface area is 170 Å². The lowest BCUT2D eigenvalue weighted by Gasteiger charge is -2.36. The standard InChI is InChI=1S/C24H24FN3O/c25-22-9-7-18(8-10-22)14-24(29)27-16-23(20-6-3-12-26-15-20)28-13-11-19-4-1-2-5-21(19)17-28/h1-10,12,15,23H,11,13-14,16-17H2,(H,27,29)/t23-/m1/s1. The summed E-state index contributed by atoms with van der Waals surface area (Å²) in [6.07, 6.45) is 4.87. The molecule has 1 aliphatic heterocycles. The normalized spacial score (nSPS) is 14.8. The summed E-state index contributed by atoms with van der Waals surface area (Å²) in [5.74, 6) is -0.362. The van der Waals surface area contributed by atoms with Crippen LogP contribution in [0.1, 0.15) is 28.3 Å². The number of nitrogens with one attached hydrogen (secondary N) is 1. The summed E-state index contributed by atoms with van der Waals surface area (Å²) >= 11 is 0. The van der Waals surface area contributed by atoms with Crippen molar-refractivity contribution in [2.75, 3.05) is 13.1 Å². The van der Waals surface area contributed by atoms with Gasteiger partial charge in [-0.3, -0.25) is 14.7 Å². The first kappa shape index (κ1) is 19.3. The van der Waals surface area contributed by atoms with Gasteiger partial charge in [0.15, 0.2) is 0 Å². The molecule has 0 bridgehead atoms. The van der Waals surface area contributed by atoms with E-state index >= 15 is 0 Å². The first-order valence-electron chi connectivity index (χ1n) is 9.91. The monoisotopic (exact) mass is 389 g/mol. The molecular formula is C24H24FN3O. The quantitative estimate of drug-likeness (QED) is 0.700. The van der Waals surface area contributed by atoms with Gasteiger partial charge in [-0.15, -0.1) is 0 Å². The summed E-state index contributed by atoms with van der Waals surface area (Å²) in [4.78, 5) is 19.1. The number of hydrogen-bond donors (Lipinski definition) is 1. The molecule has 4 nitrogen and oxygen atoms in total. The summed E-state index contributed by atoms with van der Waals surface area (Å²) in [6, 6.07) is 18.6. The van der Waals surface area contributed by atoms with Gasteiger partial charge in [-0.1, -0.05) is 42.5 Å². The van der Waals surface area contributed by atoms with Gasteiger partial charge in [0.25, 0.3) is 0 Å². The molecule has 148 valence electrons. The van der Waals surface area contributed by atoms with Crippen LogP contribution in [-0.4, -0.2) is 28.9 Å². The van der Waals surface area contributed by atoms with Crippen molar-refractivity contribution in [1.82, 2.24) is 15.2 Å². The number of pyridine rings is 1. The maximum absolute atomic E-state index is 13.1. The lowest BCUT2D eigenvalue weighted by atomic mass is 9.97. The molecule has 1 aromatic heterocycles. The molecule has 0 saturated heterocycles. The second kappa shape index (κ2) is 8.97. The highest BCUT2D eigenvalue weighted by Gasteiger charge is 2.25. The van der Waals surface area contributed by atoms with Crippen molar-refractivity contribution >= 4 is 5.91 Å². The average molecular weight is 389 g/mol. The number of hydrogen-bond acceptors (Lipinski definition) is 3. The summed E-state index contributed by atoms with van der Waals surface area (Å²) in [5.41, 5.74) is 4.63. The zero-order valence-electron chi connectivity index (χ0n) is 16.2. The number of fused-ring (bicyclic) bond motifs is 1. The van der Waals surface area contributed by atoms with Gasteiger partial charge >= 0.3 is 0 Å². The SMILES string of the molecule is O=C(Cc1ccc(F)cc1)NC[C@H](c1cccnc1)N1CCc2ccccc2C1. The van der Waals surface area contributed by atoms with Crippen LogP contribution < -0.4 is 5.32 Å². The zero-order chi connectivity index (χ0) is 20.1. The highest BCUT2D eigenvalue weighted by molar-refractivity contribution is 5.78. The van der Waals surface area contributed by atoms with Crippen LogP contribution in [0.15, 0.2) is 73.1 Å². The first-order chi connectivity index (χ1) is 14.2. The van der Waals surface area contributed by atoms with Crippen molar-refractivity contribution in [1.29, 1.82) is 0 Å². The Morgan fingerprint density at radius 3 is 2.62 bits per heavy atom. The van der Waals surface area contributed by atoms with Gasteiger partial charge in [0.05, 0.1) is 12.5 Å². The van der Waals surface area contributed by atoms with Crippen LogP contribution in [0.25, 0.3) is 0 Å². The molecule has 0 radical (unpaired) electrons. The Morgan fingerprint density at radius 2 is 1.86 bits per heavy atom. The van der Waals surface area contributed by atoms with Crippen LogP contribution in [0.5, 0.6) is 0 Å². The Kier molecular flexibility index (Phi) is 5.96. The van der Waals surface area contributed by atoms with E-state index in [0.717, 1.165) is 30.6 Å². The number of aromatic nitrogens is 1. The first-order valence-corrected chi connectivity index (χ1v) is 9.91. The van der Waals surface area contributed by atoms with Gasteiger partial charge in [-0.2, -0.15) is 0 Å². The van der Waals surface area contributed by atoms with Crippen molar-refractivity contribution in [3.05, 3.63) is 101 Å². The molecule has 2 heterocycles. The van der Waals surface area contributed by atoms with Crippen LogP contribution in [0.4, 0.5) is 4.39 Å². The van der Waals surface area contributed by atoms with Gasteiger partial charge < -0.3 is 5.32 Å². The van der Waals surface area contributed by atoms with Crippen molar-refractivity contribution < 1.29 is 9.18 Å². The van der Waals surface area contributed by atoms with Gasteiger partial charge in [0, 0.05) is 32.0 Å². The van der Waals surface area contributed by atoms with E-state index < -0.39 is 0 Å². The molecule has 1 aliphatic rings. The number of nitrogens with zero attached hydrogens (tertiary/aromatic N) is 2.